The Bertz CT molecular complexity index is 527. The highest BCUT2D eigenvalue weighted by atomic mass is 35.5. The van der Waals surface area contributed by atoms with Gasteiger partial charge in [0.2, 0.25) is 11.8 Å². The second kappa shape index (κ2) is 9.02. The molecule has 0 spiro atoms. The lowest BCUT2D eigenvalue weighted by Gasteiger charge is -2.28. The minimum atomic E-state index is -0.0272. The van der Waals surface area contributed by atoms with Crippen LogP contribution in [0.4, 0.5) is 5.69 Å². The highest BCUT2D eigenvalue weighted by Gasteiger charge is 2.24. The first-order chi connectivity index (χ1) is 10.1. The van der Waals surface area contributed by atoms with Crippen LogP contribution in [0.3, 0.4) is 0 Å². The molecule has 1 aliphatic rings. The molecule has 7 heteroatoms. The van der Waals surface area contributed by atoms with Gasteiger partial charge in [0.05, 0.1) is 11.4 Å². The number of nitrogens with one attached hydrogen (secondary N) is 2. The third kappa shape index (κ3) is 4.90. The number of fused-ring (bicyclic) bond motifs is 1. The van der Waals surface area contributed by atoms with Crippen LogP contribution < -0.4 is 15.5 Å². The number of carbonyl (C=O) groups is 2. The number of amides is 2. The summed E-state index contributed by atoms with van der Waals surface area (Å²) in [7, 11) is 1.86. The lowest BCUT2D eigenvalue weighted by Crippen LogP contribution is -2.41. The molecule has 1 aromatic carbocycles. The van der Waals surface area contributed by atoms with E-state index in [-0.39, 0.29) is 30.3 Å². The number of likely N-dealkylation sites (N-methyl/N-ethyl adjacent to an activating group) is 1. The predicted octanol–water partition coefficient (Wildman–Crippen LogP) is 1.66. The molecule has 1 atom stereocenters. The molecule has 5 nitrogen and oxygen atoms in total. The van der Waals surface area contributed by atoms with Gasteiger partial charge in [-0.3, -0.25) is 9.59 Å². The zero-order chi connectivity index (χ0) is 15.2. The molecule has 0 bridgehead atoms. The minimum Gasteiger partial charge on any atom is -0.354 e. The molecule has 0 fully saturated rings. The van der Waals surface area contributed by atoms with Gasteiger partial charge in [-0.25, -0.2) is 0 Å². The first kappa shape index (κ1) is 18.8. The first-order valence-corrected chi connectivity index (χ1v) is 8.06. The van der Waals surface area contributed by atoms with E-state index in [4.69, 9.17) is 0 Å². The van der Waals surface area contributed by atoms with Crippen molar-refractivity contribution in [3.8, 4) is 0 Å². The Hall–Kier alpha value is -1.24. The van der Waals surface area contributed by atoms with Crippen molar-refractivity contribution in [3.63, 3.8) is 0 Å². The van der Waals surface area contributed by atoms with E-state index in [1.807, 2.05) is 38.2 Å². The molecule has 1 unspecified atom stereocenters. The van der Waals surface area contributed by atoms with Crippen LogP contribution in [0.5, 0.6) is 0 Å². The highest BCUT2D eigenvalue weighted by Crippen LogP contribution is 2.34. The normalized spacial score (nSPS) is 14.8. The van der Waals surface area contributed by atoms with Gasteiger partial charge in [0.1, 0.15) is 0 Å². The molecule has 2 rings (SSSR count). The van der Waals surface area contributed by atoms with Crippen LogP contribution in [0.15, 0.2) is 29.2 Å². The van der Waals surface area contributed by atoms with Crippen molar-refractivity contribution in [2.45, 2.75) is 24.3 Å². The van der Waals surface area contributed by atoms with Crippen LogP contribution in [-0.4, -0.2) is 43.7 Å². The number of thioether (sulfide) groups is 1. The minimum absolute atomic E-state index is 0. The van der Waals surface area contributed by atoms with Gasteiger partial charge in [-0.1, -0.05) is 12.1 Å². The molecule has 1 heterocycles. The van der Waals surface area contributed by atoms with E-state index in [1.54, 1.807) is 16.7 Å². The molecule has 0 aromatic heterocycles. The summed E-state index contributed by atoms with van der Waals surface area (Å²) < 4.78 is 0. The van der Waals surface area contributed by atoms with Crippen LogP contribution in [0.1, 0.15) is 13.3 Å². The zero-order valence-electron chi connectivity index (χ0n) is 12.8. The fourth-order valence-corrected chi connectivity index (χ4v) is 3.01. The summed E-state index contributed by atoms with van der Waals surface area (Å²) >= 11 is 1.55. The van der Waals surface area contributed by atoms with Gasteiger partial charge in [-0.15, -0.1) is 24.2 Å². The standard InChI is InChI=1S/C15H21N3O2S.ClH/c1-11(16-2)9-17-14(19)7-8-18-12-5-3-4-6-13(12)21-10-15(18)20;/h3-6,11,16H,7-10H2,1-2H3,(H,17,19);1H. The first-order valence-electron chi connectivity index (χ1n) is 7.08. The van der Waals surface area contributed by atoms with Gasteiger partial charge >= 0.3 is 0 Å². The Balaban J connectivity index is 0.00000242. The molecular weight excluding hydrogens is 322 g/mol. The molecule has 0 saturated carbocycles. The van der Waals surface area contributed by atoms with Gasteiger partial charge in [0, 0.05) is 30.4 Å². The van der Waals surface area contributed by atoms with Gasteiger partial charge in [0.15, 0.2) is 0 Å². The number of benzene rings is 1. The molecule has 0 radical (unpaired) electrons. The Morgan fingerprint density at radius 3 is 2.86 bits per heavy atom. The fourth-order valence-electron chi connectivity index (χ4n) is 2.07. The van der Waals surface area contributed by atoms with Crippen molar-refractivity contribution in [1.82, 2.24) is 10.6 Å². The van der Waals surface area contributed by atoms with Gasteiger partial charge in [-0.2, -0.15) is 0 Å². The number of hydrogen-bond acceptors (Lipinski definition) is 4. The summed E-state index contributed by atoms with van der Waals surface area (Å²) in [6.45, 7) is 3.02. The third-order valence-electron chi connectivity index (χ3n) is 3.47. The van der Waals surface area contributed by atoms with Crippen molar-refractivity contribution < 1.29 is 9.59 Å². The lowest BCUT2D eigenvalue weighted by molar-refractivity contribution is -0.121. The van der Waals surface area contributed by atoms with E-state index < -0.39 is 0 Å². The SMILES string of the molecule is CNC(C)CNC(=O)CCN1C(=O)CSc2ccccc21.Cl. The maximum Gasteiger partial charge on any atom is 0.237 e. The largest absolute Gasteiger partial charge is 0.354 e. The van der Waals surface area contributed by atoms with Crippen molar-refractivity contribution in [2.75, 3.05) is 30.8 Å². The molecule has 1 aromatic rings. The Morgan fingerprint density at radius 2 is 2.14 bits per heavy atom. The number of nitrogens with zero attached hydrogens (tertiary/aromatic N) is 1. The molecule has 122 valence electrons. The number of halogens is 1. The van der Waals surface area contributed by atoms with E-state index in [1.165, 1.54) is 0 Å². The van der Waals surface area contributed by atoms with Crippen LogP contribution in [-0.2, 0) is 9.59 Å². The summed E-state index contributed by atoms with van der Waals surface area (Å²) in [6, 6.07) is 8.06. The topological polar surface area (TPSA) is 61.4 Å². The number of para-hydroxylation sites is 1. The van der Waals surface area contributed by atoms with E-state index >= 15 is 0 Å². The second-order valence-electron chi connectivity index (χ2n) is 5.05. The van der Waals surface area contributed by atoms with Gasteiger partial charge in [-0.05, 0) is 26.1 Å². The Kier molecular flexibility index (Phi) is 7.72. The van der Waals surface area contributed by atoms with Gasteiger partial charge < -0.3 is 15.5 Å². The quantitative estimate of drug-likeness (QED) is 0.824. The van der Waals surface area contributed by atoms with Gasteiger partial charge in [0.25, 0.3) is 0 Å². The summed E-state index contributed by atoms with van der Waals surface area (Å²) in [5, 5.41) is 5.93. The Labute approximate surface area is 141 Å². The predicted molar refractivity (Wildman–Crippen MR) is 92.9 cm³/mol. The fraction of sp³-hybridized carbons (Fsp3) is 0.467. The summed E-state index contributed by atoms with van der Waals surface area (Å²) in [6.07, 6.45) is 0.321. The van der Waals surface area contributed by atoms with Crippen LogP contribution in [0.25, 0.3) is 0 Å². The van der Waals surface area contributed by atoms with Crippen LogP contribution in [0.2, 0.25) is 0 Å². The number of anilines is 1. The Morgan fingerprint density at radius 1 is 1.41 bits per heavy atom. The van der Waals surface area contributed by atoms with E-state index in [0.29, 0.717) is 25.3 Å². The smallest absolute Gasteiger partial charge is 0.237 e. The summed E-state index contributed by atoms with van der Waals surface area (Å²) in [5.74, 6) is 0.478. The zero-order valence-corrected chi connectivity index (χ0v) is 14.4. The van der Waals surface area contributed by atoms with E-state index in [2.05, 4.69) is 10.6 Å². The average molecular weight is 344 g/mol. The molecular formula is C15H22ClN3O2S. The molecule has 1 aliphatic heterocycles. The van der Waals surface area contributed by atoms with E-state index in [0.717, 1.165) is 10.6 Å². The maximum absolute atomic E-state index is 12.0. The monoisotopic (exact) mass is 343 g/mol. The van der Waals surface area contributed by atoms with Crippen molar-refractivity contribution in [1.29, 1.82) is 0 Å². The van der Waals surface area contributed by atoms with Crippen molar-refractivity contribution >= 4 is 41.7 Å². The third-order valence-corrected chi connectivity index (χ3v) is 4.52. The molecule has 0 aliphatic carbocycles. The molecule has 22 heavy (non-hydrogen) atoms. The van der Waals surface area contributed by atoms with Crippen LogP contribution in [0, 0.1) is 0 Å². The molecule has 2 amide bonds. The van der Waals surface area contributed by atoms with Crippen molar-refractivity contribution in [3.05, 3.63) is 24.3 Å². The lowest BCUT2D eigenvalue weighted by atomic mass is 10.2. The average Bonchev–Trinajstić information content (AvgIpc) is 2.51. The molecule has 0 saturated heterocycles. The summed E-state index contributed by atoms with van der Waals surface area (Å²) in [5.41, 5.74) is 0.912. The maximum atomic E-state index is 12.0. The summed E-state index contributed by atoms with van der Waals surface area (Å²) in [4.78, 5) is 26.7. The van der Waals surface area contributed by atoms with Crippen LogP contribution >= 0.6 is 24.2 Å². The number of rotatable bonds is 6. The number of hydrogen-bond donors (Lipinski definition) is 2. The number of carbonyl (C=O) groups excluding carboxylic acids is 2. The highest BCUT2D eigenvalue weighted by molar-refractivity contribution is 8.00. The molecule has 2 N–H and O–H groups in total. The van der Waals surface area contributed by atoms with E-state index in [9.17, 15) is 9.59 Å². The van der Waals surface area contributed by atoms with Crippen molar-refractivity contribution in [2.24, 2.45) is 0 Å². The second-order valence-corrected chi connectivity index (χ2v) is 6.06.